The minimum absolute atomic E-state index is 0.00201. The molecule has 6 nitrogen and oxygen atoms in total. The van der Waals surface area contributed by atoms with Gasteiger partial charge in [0.05, 0.1) is 16.7 Å². The first-order chi connectivity index (χ1) is 12.5. The van der Waals surface area contributed by atoms with Crippen LogP contribution in [0, 0.1) is 5.82 Å². The van der Waals surface area contributed by atoms with Crippen LogP contribution in [-0.2, 0) is 7.05 Å². The Morgan fingerprint density at radius 2 is 1.85 bits per heavy atom. The summed E-state index contributed by atoms with van der Waals surface area (Å²) in [5.41, 5.74) is 1.26. The first kappa shape index (κ1) is 16.3. The molecule has 8 heteroatoms. The molecule has 0 saturated carbocycles. The number of rotatable bonds is 2. The minimum atomic E-state index is -0.638. The van der Waals surface area contributed by atoms with Gasteiger partial charge in [-0.25, -0.2) is 8.91 Å². The maximum absolute atomic E-state index is 13.8. The first-order valence-corrected chi connectivity index (χ1v) is 8.07. The molecule has 2 heterocycles. The van der Waals surface area contributed by atoms with Crippen LogP contribution in [0.2, 0.25) is 5.02 Å². The molecule has 0 radical (unpaired) electrons. The molecule has 4 rings (SSSR count). The van der Waals surface area contributed by atoms with Crippen LogP contribution in [0.3, 0.4) is 0 Å². The molecule has 0 bridgehead atoms. The van der Waals surface area contributed by atoms with Gasteiger partial charge in [-0.1, -0.05) is 23.7 Å². The summed E-state index contributed by atoms with van der Waals surface area (Å²) < 4.78 is 16.7. The quantitative estimate of drug-likeness (QED) is 0.589. The van der Waals surface area contributed by atoms with Crippen molar-refractivity contribution in [1.82, 2.24) is 14.2 Å². The van der Waals surface area contributed by atoms with Crippen LogP contribution < -0.4 is 10.9 Å². The van der Waals surface area contributed by atoms with Gasteiger partial charge in [-0.15, -0.1) is 0 Å². The Hall–Kier alpha value is -3.19. The summed E-state index contributed by atoms with van der Waals surface area (Å²) in [6.07, 6.45) is 0. The van der Waals surface area contributed by atoms with Gasteiger partial charge in [-0.2, -0.15) is 5.10 Å². The number of carbonyl (C=O) groups is 1. The number of fused-ring (bicyclic) bond motifs is 3. The third-order valence-electron chi connectivity index (χ3n) is 4.11. The second-order valence-electron chi connectivity index (χ2n) is 5.76. The second-order valence-corrected chi connectivity index (χ2v) is 6.19. The van der Waals surface area contributed by atoms with Crippen molar-refractivity contribution in [1.29, 1.82) is 0 Å². The van der Waals surface area contributed by atoms with Gasteiger partial charge >= 0.3 is 0 Å². The summed E-state index contributed by atoms with van der Waals surface area (Å²) in [6, 6.07) is 12.4. The van der Waals surface area contributed by atoms with Crippen LogP contribution in [-0.4, -0.2) is 20.1 Å². The third-order valence-corrected chi connectivity index (χ3v) is 4.35. The summed E-state index contributed by atoms with van der Waals surface area (Å²) in [5.74, 6) is -1.26. The lowest BCUT2D eigenvalue weighted by molar-refractivity contribution is 0.102. The van der Waals surface area contributed by atoms with E-state index in [0.29, 0.717) is 11.0 Å². The molecule has 26 heavy (non-hydrogen) atoms. The summed E-state index contributed by atoms with van der Waals surface area (Å²) in [4.78, 5) is 25.0. The smallest absolute Gasteiger partial charge is 0.276 e. The summed E-state index contributed by atoms with van der Waals surface area (Å²) in [6.45, 7) is 0. The van der Waals surface area contributed by atoms with Crippen molar-refractivity contribution in [2.24, 2.45) is 7.05 Å². The van der Waals surface area contributed by atoms with Gasteiger partial charge in [-0.05, 0) is 30.3 Å². The molecule has 0 unspecified atom stereocenters. The molecule has 1 N–H and O–H groups in total. The zero-order valence-corrected chi connectivity index (χ0v) is 14.3. The Balaban J connectivity index is 1.84. The topological polar surface area (TPSA) is 68.4 Å². The summed E-state index contributed by atoms with van der Waals surface area (Å²) in [7, 11) is 1.65. The first-order valence-electron chi connectivity index (χ1n) is 7.69. The van der Waals surface area contributed by atoms with Gasteiger partial charge in [0, 0.05) is 18.1 Å². The lowest BCUT2D eigenvalue weighted by atomic mass is 10.2. The lowest BCUT2D eigenvalue weighted by Crippen LogP contribution is -2.19. The Morgan fingerprint density at radius 3 is 2.62 bits per heavy atom. The van der Waals surface area contributed by atoms with E-state index in [-0.39, 0.29) is 27.5 Å². The maximum atomic E-state index is 13.8. The molecule has 130 valence electrons. The van der Waals surface area contributed by atoms with E-state index in [1.54, 1.807) is 19.2 Å². The minimum Gasteiger partial charge on any atom is -0.318 e. The zero-order valence-electron chi connectivity index (χ0n) is 13.5. The van der Waals surface area contributed by atoms with E-state index >= 15 is 0 Å². The number of halogens is 2. The van der Waals surface area contributed by atoms with Crippen molar-refractivity contribution in [2.45, 2.75) is 0 Å². The monoisotopic (exact) mass is 370 g/mol. The van der Waals surface area contributed by atoms with Gasteiger partial charge in [0.2, 0.25) is 0 Å². The maximum Gasteiger partial charge on any atom is 0.276 e. The number of aryl methyl sites for hydroxylation is 1. The normalized spacial score (nSPS) is 11.2. The van der Waals surface area contributed by atoms with Crippen LogP contribution >= 0.6 is 11.6 Å². The molecular formula is C18H12ClFN4O2. The molecule has 0 aliphatic rings. The molecule has 0 aliphatic carbocycles. The number of carbonyl (C=O) groups excluding carboxylic acids is 1. The fourth-order valence-corrected chi connectivity index (χ4v) is 2.99. The van der Waals surface area contributed by atoms with Gasteiger partial charge in [0.25, 0.3) is 11.5 Å². The third kappa shape index (κ3) is 2.53. The molecule has 4 aromatic rings. The average molecular weight is 371 g/mol. The number of para-hydroxylation sites is 2. The van der Waals surface area contributed by atoms with E-state index in [2.05, 4.69) is 10.4 Å². The standard InChI is InChI=1S/C18H12ClFN4O2/c1-23-14-4-2-3-5-15(14)24-16(18(23)26)9-13(22-24)17(25)21-12-8-10(19)6-7-11(12)20/h2-9H,1H3,(H,21,25). The lowest BCUT2D eigenvalue weighted by Gasteiger charge is -2.06. The highest BCUT2D eigenvalue weighted by Gasteiger charge is 2.17. The molecule has 0 spiro atoms. The molecule has 2 aromatic carbocycles. The van der Waals surface area contributed by atoms with Gasteiger partial charge in [0.15, 0.2) is 5.69 Å². The van der Waals surface area contributed by atoms with Crippen LogP contribution in [0.1, 0.15) is 10.5 Å². The van der Waals surface area contributed by atoms with Crippen molar-refractivity contribution in [2.75, 3.05) is 5.32 Å². The predicted molar refractivity (Wildman–Crippen MR) is 97.3 cm³/mol. The molecule has 0 fully saturated rings. The number of aromatic nitrogens is 3. The summed E-state index contributed by atoms with van der Waals surface area (Å²) in [5, 5.41) is 6.94. The van der Waals surface area contributed by atoms with Crippen LogP contribution in [0.4, 0.5) is 10.1 Å². The van der Waals surface area contributed by atoms with Crippen LogP contribution in [0.15, 0.2) is 53.3 Å². The molecule has 0 aliphatic heterocycles. The van der Waals surface area contributed by atoms with E-state index in [1.807, 2.05) is 12.1 Å². The highest BCUT2D eigenvalue weighted by Crippen LogP contribution is 2.20. The molecule has 2 aromatic heterocycles. The van der Waals surface area contributed by atoms with E-state index in [1.165, 1.54) is 27.3 Å². The Labute approximate surface area is 151 Å². The Morgan fingerprint density at radius 1 is 1.12 bits per heavy atom. The number of amides is 1. The molecule has 1 amide bonds. The Kier molecular flexibility index (Phi) is 3.73. The second kappa shape index (κ2) is 5.96. The molecule has 0 saturated heterocycles. The molecular weight excluding hydrogens is 359 g/mol. The fraction of sp³-hybridized carbons (Fsp3) is 0.0556. The average Bonchev–Trinajstić information content (AvgIpc) is 3.09. The highest BCUT2D eigenvalue weighted by molar-refractivity contribution is 6.31. The number of hydrogen-bond donors (Lipinski definition) is 1. The van der Waals surface area contributed by atoms with Crippen molar-refractivity contribution >= 4 is 39.7 Å². The van der Waals surface area contributed by atoms with E-state index in [4.69, 9.17) is 11.6 Å². The van der Waals surface area contributed by atoms with Crippen molar-refractivity contribution in [3.8, 4) is 0 Å². The summed E-state index contributed by atoms with van der Waals surface area (Å²) >= 11 is 5.83. The van der Waals surface area contributed by atoms with Gasteiger partial charge in [-0.3, -0.25) is 9.59 Å². The van der Waals surface area contributed by atoms with Crippen molar-refractivity contribution in [3.63, 3.8) is 0 Å². The van der Waals surface area contributed by atoms with Gasteiger partial charge < -0.3 is 9.88 Å². The van der Waals surface area contributed by atoms with Crippen molar-refractivity contribution < 1.29 is 9.18 Å². The fourth-order valence-electron chi connectivity index (χ4n) is 2.82. The number of hydrogen-bond acceptors (Lipinski definition) is 3. The van der Waals surface area contributed by atoms with E-state index in [9.17, 15) is 14.0 Å². The van der Waals surface area contributed by atoms with E-state index in [0.717, 1.165) is 6.07 Å². The van der Waals surface area contributed by atoms with Crippen LogP contribution in [0.25, 0.3) is 16.6 Å². The SMILES string of the molecule is Cn1c(=O)c2cc(C(=O)Nc3cc(Cl)ccc3F)nn2c2ccccc21. The highest BCUT2D eigenvalue weighted by atomic mass is 35.5. The number of nitrogens with one attached hydrogen (secondary N) is 1. The number of benzene rings is 2. The Bertz CT molecular complexity index is 1250. The predicted octanol–water partition coefficient (Wildman–Crippen LogP) is 3.23. The van der Waals surface area contributed by atoms with Gasteiger partial charge in [0.1, 0.15) is 11.3 Å². The number of nitrogens with zero attached hydrogens (tertiary/aromatic N) is 3. The molecule has 0 atom stereocenters. The van der Waals surface area contributed by atoms with Crippen molar-refractivity contribution in [3.05, 3.63) is 75.4 Å². The largest absolute Gasteiger partial charge is 0.318 e. The van der Waals surface area contributed by atoms with E-state index < -0.39 is 11.7 Å². The number of anilines is 1. The van der Waals surface area contributed by atoms with Crippen LogP contribution in [0.5, 0.6) is 0 Å². The zero-order chi connectivity index (χ0) is 18.4.